The molecule has 1 saturated heterocycles. The molecule has 0 amide bonds. The second-order valence-electron chi connectivity index (χ2n) is 8.35. The van der Waals surface area contributed by atoms with Crippen LogP contribution in [0.4, 0.5) is 0 Å². The Bertz CT molecular complexity index is 490. The predicted octanol–water partition coefficient (Wildman–Crippen LogP) is -3.31. The van der Waals surface area contributed by atoms with Crippen molar-refractivity contribution >= 4 is 0 Å². The molecule has 2 rings (SSSR count). The maximum Gasteiger partial charge on any atom is 0.176 e. The minimum absolute atomic E-state index is 0.0114. The summed E-state index contributed by atoms with van der Waals surface area (Å²) in [5.74, 6) is 0. The van der Waals surface area contributed by atoms with Crippen LogP contribution in [0.5, 0.6) is 0 Å². The Kier molecular flexibility index (Phi) is 10.8. The lowest BCUT2D eigenvalue weighted by Crippen LogP contribution is -2.67. The Morgan fingerprint density at radius 3 is 2.30 bits per heavy atom. The second-order valence-corrected chi connectivity index (χ2v) is 8.35. The first-order valence-electron chi connectivity index (χ1n) is 10.9. The molecule has 10 unspecified atom stereocenters. The van der Waals surface area contributed by atoms with Crippen molar-refractivity contribution in [2.24, 2.45) is 22.9 Å². The summed E-state index contributed by atoms with van der Waals surface area (Å²) in [6.45, 7) is 1.40. The highest BCUT2D eigenvalue weighted by Gasteiger charge is 2.48. The van der Waals surface area contributed by atoms with Crippen LogP contribution in [0.3, 0.4) is 0 Å². The molecule has 30 heavy (non-hydrogen) atoms. The summed E-state index contributed by atoms with van der Waals surface area (Å²) in [6.07, 6.45) is -2.44. The van der Waals surface area contributed by atoms with Crippen molar-refractivity contribution in [1.82, 2.24) is 5.32 Å². The van der Waals surface area contributed by atoms with Gasteiger partial charge in [-0.25, -0.2) is 0 Å². The quantitative estimate of drug-likeness (QED) is 0.151. The summed E-state index contributed by atoms with van der Waals surface area (Å²) in [5, 5.41) is 34.0. The van der Waals surface area contributed by atoms with E-state index in [4.69, 9.17) is 37.1 Å². The minimum Gasteiger partial charge on any atom is -0.389 e. The van der Waals surface area contributed by atoms with E-state index >= 15 is 0 Å². The van der Waals surface area contributed by atoms with Gasteiger partial charge in [-0.05, 0) is 32.9 Å². The van der Waals surface area contributed by atoms with E-state index < -0.39 is 61.0 Å². The molecule has 1 heterocycles. The summed E-state index contributed by atoms with van der Waals surface area (Å²) in [7, 11) is 1.93. The van der Waals surface area contributed by atoms with Gasteiger partial charge in [0.2, 0.25) is 0 Å². The SMILES string of the molecule is CNCCCCCCOC1C(O)C(N)CC(N)C1OC1OC(CN)C(O)C(O)C1N. The third-order valence-corrected chi connectivity index (χ3v) is 5.97. The van der Waals surface area contributed by atoms with E-state index in [1.165, 1.54) is 0 Å². The standard InChI is InChI=1S/C19H41N5O6/c1-24-6-4-2-3-5-7-28-18-14(25)10(21)8-11(22)17(18)30-19-13(23)16(27)15(26)12(9-20)29-19/h10-19,24-27H,2-9,20-23H2,1H3. The summed E-state index contributed by atoms with van der Waals surface area (Å²) < 4.78 is 17.6. The second kappa shape index (κ2) is 12.6. The molecule has 178 valence electrons. The summed E-state index contributed by atoms with van der Waals surface area (Å²) >= 11 is 0. The fraction of sp³-hybridized carbons (Fsp3) is 1.00. The molecule has 1 aliphatic heterocycles. The largest absolute Gasteiger partial charge is 0.389 e. The molecule has 0 bridgehead atoms. The molecule has 10 atom stereocenters. The molecule has 11 heteroatoms. The molecule has 0 aromatic carbocycles. The van der Waals surface area contributed by atoms with Crippen molar-refractivity contribution in [2.75, 3.05) is 26.7 Å². The van der Waals surface area contributed by atoms with Crippen molar-refractivity contribution in [3.8, 4) is 0 Å². The van der Waals surface area contributed by atoms with Crippen molar-refractivity contribution in [2.45, 2.75) is 93.1 Å². The monoisotopic (exact) mass is 435 g/mol. The zero-order valence-electron chi connectivity index (χ0n) is 17.8. The summed E-state index contributed by atoms with van der Waals surface area (Å²) in [4.78, 5) is 0. The molecule has 0 radical (unpaired) electrons. The van der Waals surface area contributed by atoms with Crippen LogP contribution in [0.15, 0.2) is 0 Å². The first-order chi connectivity index (χ1) is 14.3. The molecule has 2 fully saturated rings. The maximum absolute atomic E-state index is 10.6. The van der Waals surface area contributed by atoms with Gasteiger partial charge >= 0.3 is 0 Å². The lowest BCUT2D eigenvalue weighted by molar-refractivity contribution is -0.291. The molecule has 0 spiro atoms. The highest BCUT2D eigenvalue weighted by atomic mass is 16.7. The first-order valence-corrected chi connectivity index (χ1v) is 10.9. The van der Waals surface area contributed by atoms with E-state index in [-0.39, 0.29) is 6.54 Å². The molecule has 2 aliphatic rings. The Labute approximate surface area is 178 Å². The number of rotatable bonds is 11. The highest BCUT2D eigenvalue weighted by Crippen LogP contribution is 2.28. The zero-order valence-corrected chi connectivity index (χ0v) is 17.8. The van der Waals surface area contributed by atoms with Gasteiger partial charge in [0.15, 0.2) is 6.29 Å². The zero-order chi connectivity index (χ0) is 22.3. The molecular weight excluding hydrogens is 394 g/mol. The van der Waals surface area contributed by atoms with E-state index in [9.17, 15) is 15.3 Å². The number of hydrogen-bond acceptors (Lipinski definition) is 11. The Morgan fingerprint density at radius 1 is 0.933 bits per heavy atom. The maximum atomic E-state index is 10.6. The van der Waals surface area contributed by atoms with E-state index in [2.05, 4.69) is 5.32 Å². The van der Waals surface area contributed by atoms with Crippen LogP contribution in [0.25, 0.3) is 0 Å². The van der Waals surface area contributed by atoms with Gasteiger partial charge in [-0.15, -0.1) is 0 Å². The fourth-order valence-electron chi connectivity index (χ4n) is 4.04. The van der Waals surface area contributed by atoms with Crippen LogP contribution in [0.2, 0.25) is 0 Å². The summed E-state index contributed by atoms with van der Waals surface area (Å²) in [5.41, 5.74) is 23.9. The average Bonchev–Trinajstić information content (AvgIpc) is 2.72. The van der Waals surface area contributed by atoms with E-state index in [1.54, 1.807) is 0 Å². The number of unbranched alkanes of at least 4 members (excludes halogenated alkanes) is 3. The third kappa shape index (κ3) is 6.53. The van der Waals surface area contributed by atoms with Crippen molar-refractivity contribution in [3.63, 3.8) is 0 Å². The van der Waals surface area contributed by atoms with Gasteiger partial charge in [0.25, 0.3) is 0 Å². The molecule has 11 nitrogen and oxygen atoms in total. The molecular formula is C19H41N5O6. The average molecular weight is 436 g/mol. The van der Waals surface area contributed by atoms with E-state index in [0.717, 1.165) is 32.2 Å². The van der Waals surface area contributed by atoms with Gasteiger partial charge in [-0.3, -0.25) is 0 Å². The van der Waals surface area contributed by atoms with E-state index in [0.29, 0.717) is 13.0 Å². The number of aliphatic hydroxyl groups excluding tert-OH is 3. The Morgan fingerprint density at radius 2 is 1.63 bits per heavy atom. The Hall–Kier alpha value is -0.440. The number of nitrogens with two attached hydrogens (primary N) is 4. The van der Waals surface area contributed by atoms with Crippen LogP contribution in [-0.4, -0.2) is 103 Å². The van der Waals surface area contributed by atoms with Gasteiger partial charge in [0, 0.05) is 25.2 Å². The van der Waals surface area contributed by atoms with Gasteiger partial charge < -0.3 is 57.8 Å². The molecule has 0 aromatic heterocycles. The number of ether oxygens (including phenoxy) is 3. The Balaban J connectivity index is 1.97. The van der Waals surface area contributed by atoms with Crippen molar-refractivity contribution in [1.29, 1.82) is 0 Å². The van der Waals surface area contributed by atoms with Crippen LogP contribution in [-0.2, 0) is 14.2 Å². The third-order valence-electron chi connectivity index (χ3n) is 5.97. The van der Waals surface area contributed by atoms with Gasteiger partial charge in [0.1, 0.15) is 30.5 Å². The lowest BCUT2D eigenvalue weighted by atomic mass is 9.84. The van der Waals surface area contributed by atoms with Crippen LogP contribution >= 0.6 is 0 Å². The van der Waals surface area contributed by atoms with Gasteiger partial charge in [0.05, 0.1) is 12.1 Å². The summed E-state index contributed by atoms with van der Waals surface area (Å²) in [6, 6.07) is -2.05. The molecule has 0 aromatic rings. The van der Waals surface area contributed by atoms with Crippen LogP contribution in [0, 0.1) is 0 Å². The van der Waals surface area contributed by atoms with Crippen molar-refractivity contribution in [3.05, 3.63) is 0 Å². The fourth-order valence-corrected chi connectivity index (χ4v) is 4.04. The normalized spacial score (nSPS) is 42.4. The first kappa shape index (κ1) is 25.8. The van der Waals surface area contributed by atoms with Crippen LogP contribution in [0.1, 0.15) is 32.1 Å². The number of hydrogen-bond donors (Lipinski definition) is 8. The molecule has 1 aliphatic carbocycles. The van der Waals surface area contributed by atoms with Crippen LogP contribution < -0.4 is 28.3 Å². The lowest BCUT2D eigenvalue weighted by Gasteiger charge is -2.46. The van der Waals surface area contributed by atoms with Gasteiger partial charge in [-0.1, -0.05) is 12.8 Å². The molecule has 12 N–H and O–H groups in total. The van der Waals surface area contributed by atoms with Gasteiger partial charge in [-0.2, -0.15) is 0 Å². The topological polar surface area (TPSA) is 204 Å². The van der Waals surface area contributed by atoms with Crippen molar-refractivity contribution < 1.29 is 29.5 Å². The minimum atomic E-state index is -1.26. The van der Waals surface area contributed by atoms with E-state index in [1.807, 2.05) is 7.05 Å². The smallest absolute Gasteiger partial charge is 0.176 e. The number of aliphatic hydroxyl groups is 3. The number of nitrogens with one attached hydrogen (secondary N) is 1. The molecule has 1 saturated carbocycles. The highest BCUT2D eigenvalue weighted by molar-refractivity contribution is 5.00. The predicted molar refractivity (Wildman–Crippen MR) is 111 cm³/mol.